The Morgan fingerprint density at radius 1 is 1.27 bits per heavy atom. The lowest BCUT2D eigenvalue weighted by Crippen LogP contribution is -2.10. The number of aliphatic imine (C=N–C) groups is 1. The summed E-state index contributed by atoms with van der Waals surface area (Å²) in [6.07, 6.45) is -4.46. The summed E-state index contributed by atoms with van der Waals surface area (Å²) >= 11 is 0. The maximum absolute atomic E-state index is 12.3. The Labute approximate surface area is 84.0 Å². The third-order valence-corrected chi connectivity index (χ3v) is 2.43. The molecule has 2 heterocycles. The average molecular weight is 215 g/mol. The van der Waals surface area contributed by atoms with E-state index in [1.807, 2.05) is 6.92 Å². The molecule has 6 heteroatoms. The van der Waals surface area contributed by atoms with Crippen molar-refractivity contribution in [1.82, 2.24) is 10.2 Å². The number of rotatable bonds is 0. The summed E-state index contributed by atoms with van der Waals surface area (Å²) < 4.78 is 36.9. The van der Waals surface area contributed by atoms with Crippen molar-refractivity contribution in [2.24, 2.45) is 4.99 Å². The van der Waals surface area contributed by atoms with Gasteiger partial charge in [-0.3, -0.25) is 4.99 Å². The Morgan fingerprint density at radius 3 is 2.53 bits per heavy atom. The van der Waals surface area contributed by atoms with Crippen LogP contribution in [0.1, 0.15) is 31.2 Å². The first-order chi connectivity index (χ1) is 6.89. The van der Waals surface area contributed by atoms with Crippen LogP contribution in [0, 0.1) is 0 Å². The third-order valence-electron chi connectivity index (χ3n) is 2.43. The first-order valence-corrected chi connectivity index (χ1v) is 4.39. The first kappa shape index (κ1) is 10.1. The standard InChI is InChI=1S/C9H8F3N3/c1-4-5(2)13-6-3-7(9(10,11)12)14-15-8(4)6/h3-4H,1-2H3. The van der Waals surface area contributed by atoms with Crippen molar-refractivity contribution in [2.75, 3.05) is 0 Å². The molecule has 0 N–H and O–H groups in total. The van der Waals surface area contributed by atoms with Crippen molar-refractivity contribution < 1.29 is 13.2 Å². The molecule has 0 aliphatic carbocycles. The molecule has 15 heavy (non-hydrogen) atoms. The molecule has 0 fully saturated rings. The molecule has 0 saturated carbocycles. The lowest BCUT2D eigenvalue weighted by atomic mass is 10.1. The van der Waals surface area contributed by atoms with E-state index in [-0.39, 0.29) is 11.6 Å². The second kappa shape index (κ2) is 3.01. The van der Waals surface area contributed by atoms with Crippen molar-refractivity contribution in [3.8, 4) is 0 Å². The Morgan fingerprint density at radius 2 is 1.93 bits per heavy atom. The Balaban J connectivity index is 2.50. The quantitative estimate of drug-likeness (QED) is 0.667. The Hall–Kier alpha value is -1.46. The van der Waals surface area contributed by atoms with Gasteiger partial charge in [-0.1, -0.05) is 6.92 Å². The summed E-state index contributed by atoms with van der Waals surface area (Å²) in [6, 6.07) is 0.940. The van der Waals surface area contributed by atoms with Gasteiger partial charge in [0.15, 0.2) is 5.69 Å². The molecular weight excluding hydrogens is 207 g/mol. The maximum Gasteiger partial charge on any atom is 0.435 e. The van der Waals surface area contributed by atoms with E-state index in [9.17, 15) is 13.2 Å². The minimum atomic E-state index is -4.46. The third kappa shape index (κ3) is 1.60. The van der Waals surface area contributed by atoms with Gasteiger partial charge in [-0.2, -0.15) is 18.3 Å². The van der Waals surface area contributed by atoms with E-state index in [4.69, 9.17) is 0 Å². The fourth-order valence-electron chi connectivity index (χ4n) is 1.41. The maximum atomic E-state index is 12.3. The van der Waals surface area contributed by atoms with Gasteiger partial charge in [0, 0.05) is 11.6 Å². The molecular formula is C9H8F3N3. The molecule has 0 aromatic carbocycles. The number of alkyl halides is 3. The molecule has 80 valence electrons. The zero-order valence-corrected chi connectivity index (χ0v) is 8.13. The molecule has 0 radical (unpaired) electrons. The van der Waals surface area contributed by atoms with Gasteiger partial charge in [0.2, 0.25) is 0 Å². The van der Waals surface area contributed by atoms with E-state index in [1.165, 1.54) is 0 Å². The van der Waals surface area contributed by atoms with Gasteiger partial charge < -0.3 is 0 Å². The van der Waals surface area contributed by atoms with Crippen LogP contribution >= 0.6 is 0 Å². The summed E-state index contributed by atoms with van der Waals surface area (Å²) in [4.78, 5) is 4.02. The molecule has 0 spiro atoms. The van der Waals surface area contributed by atoms with Crippen LogP contribution in [0.15, 0.2) is 11.1 Å². The van der Waals surface area contributed by atoms with Crippen molar-refractivity contribution in [3.63, 3.8) is 0 Å². The summed E-state index contributed by atoms with van der Waals surface area (Å²) in [5.41, 5.74) is 0.563. The van der Waals surface area contributed by atoms with E-state index < -0.39 is 11.9 Å². The molecule has 2 rings (SSSR count). The van der Waals surface area contributed by atoms with Gasteiger partial charge >= 0.3 is 6.18 Å². The zero-order valence-electron chi connectivity index (χ0n) is 8.13. The molecule has 3 nitrogen and oxygen atoms in total. The summed E-state index contributed by atoms with van der Waals surface area (Å²) in [5, 5.41) is 6.73. The van der Waals surface area contributed by atoms with E-state index in [0.717, 1.165) is 11.8 Å². The minimum absolute atomic E-state index is 0.0465. The fourth-order valence-corrected chi connectivity index (χ4v) is 1.41. The number of fused-ring (bicyclic) bond motifs is 1. The molecule has 1 unspecified atom stereocenters. The largest absolute Gasteiger partial charge is 0.435 e. The van der Waals surface area contributed by atoms with Crippen molar-refractivity contribution in [1.29, 1.82) is 0 Å². The summed E-state index contributed by atoms with van der Waals surface area (Å²) in [5.74, 6) is -0.0465. The van der Waals surface area contributed by atoms with E-state index in [2.05, 4.69) is 15.2 Å². The van der Waals surface area contributed by atoms with E-state index >= 15 is 0 Å². The Bertz CT molecular complexity index is 437. The smallest absolute Gasteiger partial charge is 0.255 e. The van der Waals surface area contributed by atoms with Crippen LogP contribution < -0.4 is 0 Å². The van der Waals surface area contributed by atoms with E-state index in [0.29, 0.717) is 5.69 Å². The van der Waals surface area contributed by atoms with Crippen molar-refractivity contribution in [3.05, 3.63) is 17.5 Å². The van der Waals surface area contributed by atoms with Crippen molar-refractivity contribution in [2.45, 2.75) is 25.9 Å². The highest BCUT2D eigenvalue weighted by atomic mass is 19.4. The topological polar surface area (TPSA) is 38.1 Å². The Kier molecular flexibility index (Phi) is 2.02. The highest BCUT2D eigenvalue weighted by Gasteiger charge is 2.35. The minimum Gasteiger partial charge on any atom is -0.255 e. The number of aromatic nitrogens is 2. The molecule has 1 aliphatic rings. The molecule has 1 aromatic rings. The molecule has 0 bridgehead atoms. The first-order valence-electron chi connectivity index (χ1n) is 4.39. The molecule has 1 aliphatic heterocycles. The second-order valence-electron chi connectivity index (χ2n) is 3.47. The molecule has 0 amide bonds. The predicted octanol–water partition coefficient (Wildman–Crippen LogP) is 2.70. The SMILES string of the molecule is CC1=Nc2cc(C(F)(F)F)nnc2C1C. The van der Waals surface area contributed by atoms with Crippen LogP contribution in [-0.4, -0.2) is 15.9 Å². The van der Waals surface area contributed by atoms with Crippen LogP contribution in [-0.2, 0) is 6.18 Å². The van der Waals surface area contributed by atoms with Gasteiger partial charge in [-0.05, 0) is 13.0 Å². The summed E-state index contributed by atoms with van der Waals surface area (Å²) in [7, 11) is 0. The van der Waals surface area contributed by atoms with Gasteiger partial charge in [-0.15, -0.1) is 5.10 Å². The summed E-state index contributed by atoms with van der Waals surface area (Å²) in [6.45, 7) is 3.60. The van der Waals surface area contributed by atoms with Crippen molar-refractivity contribution >= 4 is 11.4 Å². The number of halogens is 3. The van der Waals surface area contributed by atoms with Crippen LogP contribution in [0.25, 0.3) is 0 Å². The predicted molar refractivity (Wildman–Crippen MR) is 48.2 cm³/mol. The van der Waals surface area contributed by atoms with Crippen LogP contribution in [0.2, 0.25) is 0 Å². The normalized spacial score (nSPS) is 20.1. The van der Waals surface area contributed by atoms with Gasteiger partial charge in [0.05, 0.1) is 11.4 Å². The van der Waals surface area contributed by atoms with Gasteiger partial charge in [0.25, 0.3) is 0 Å². The molecule has 0 saturated heterocycles. The monoisotopic (exact) mass is 215 g/mol. The highest BCUT2D eigenvalue weighted by Crippen LogP contribution is 2.36. The number of hydrogen-bond donors (Lipinski definition) is 0. The fraction of sp³-hybridized carbons (Fsp3) is 0.444. The lowest BCUT2D eigenvalue weighted by molar-refractivity contribution is -0.141. The highest BCUT2D eigenvalue weighted by molar-refractivity contribution is 5.95. The number of hydrogen-bond acceptors (Lipinski definition) is 3. The van der Waals surface area contributed by atoms with Gasteiger partial charge in [-0.25, -0.2) is 0 Å². The van der Waals surface area contributed by atoms with Gasteiger partial charge in [0.1, 0.15) is 0 Å². The molecule has 1 atom stereocenters. The van der Waals surface area contributed by atoms with Crippen LogP contribution in [0.3, 0.4) is 0 Å². The number of nitrogens with zero attached hydrogens (tertiary/aromatic N) is 3. The van der Waals surface area contributed by atoms with Crippen LogP contribution in [0.5, 0.6) is 0 Å². The van der Waals surface area contributed by atoms with Crippen LogP contribution in [0.4, 0.5) is 18.9 Å². The average Bonchev–Trinajstić information content (AvgIpc) is 2.41. The second-order valence-corrected chi connectivity index (χ2v) is 3.47. The molecule has 1 aromatic heterocycles. The zero-order chi connectivity index (χ0) is 11.2. The lowest BCUT2D eigenvalue weighted by Gasteiger charge is -2.06. The van der Waals surface area contributed by atoms with E-state index in [1.54, 1.807) is 6.92 Å².